The average Bonchev–Trinajstić information content (AvgIpc) is 3.91. The molecule has 1 aromatic heterocycles. The van der Waals surface area contributed by atoms with Crippen LogP contribution in [-0.2, 0) is 0 Å². The lowest BCUT2D eigenvalue weighted by atomic mass is 10.0. The molecule has 0 spiro atoms. The first-order chi connectivity index (χ1) is 28.9. The standard InChI is InChI=1S/C50H58N4O4S/c1-3-5-7-9-11-13-15-17-19-21-33-53-47(55)41-31-25-37(35-43(41)49(53)57)23-27-39-29-30-40(46-45(39)51-59-52-46)28-24-38-26-32-42-44(36-38)50(58)54(48(42)56)34-22-20-18-16-14-12-10-8-6-4-2/h25-26,29-32,35-36H,3-22,33-34H2,1-2H3. The van der Waals surface area contributed by atoms with Gasteiger partial charge in [-0.1, -0.05) is 153 Å². The molecule has 0 radical (unpaired) electrons. The van der Waals surface area contributed by atoms with E-state index in [4.69, 9.17) is 0 Å². The van der Waals surface area contributed by atoms with Gasteiger partial charge in [0, 0.05) is 24.2 Å². The number of hydrogen-bond acceptors (Lipinski definition) is 7. The maximum absolute atomic E-state index is 13.3. The molecule has 0 aliphatic carbocycles. The molecule has 3 heterocycles. The molecule has 4 amide bonds. The van der Waals surface area contributed by atoms with Crippen LogP contribution < -0.4 is 0 Å². The third-order valence-corrected chi connectivity index (χ3v) is 12.0. The summed E-state index contributed by atoms with van der Waals surface area (Å²) in [5.41, 5.74) is 5.55. The minimum atomic E-state index is -0.250. The Balaban J connectivity index is 1.02. The largest absolute Gasteiger partial charge is 0.274 e. The number of amides is 4. The van der Waals surface area contributed by atoms with Crippen molar-refractivity contribution in [3.8, 4) is 23.7 Å². The van der Waals surface area contributed by atoms with E-state index in [1.165, 1.54) is 99.7 Å². The summed E-state index contributed by atoms with van der Waals surface area (Å²) in [5, 5.41) is 0. The van der Waals surface area contributed by atoms with Crippen LogP contribution in [0.4, 0.5) is 0 Å². The number of aromatic nitrogens is 2. The van der Waals surface area contributed by atoms with Crippen molar-refractivity contribution in [2.45, 2.75) is 142 Å². The summed E-state index contributed by atoms with van der Waals surface area (Å²) in [5.74, 6) is 11.7. The van der Waals surface area contributed by atoms with Crippen LogP contribution in [0.5, 0.6) is 0 Å². The van der Waals surface area contributed by atoms with Gasteiger partial charge in [0.2, 0.25) is 0 Å². The van der Waals surface area contributed by atoms with E-state index in [-0.39, 0.29) is 23.6 Å². The van der Waals surface area contributed by atoms with E-state index in [9.17, 15) is 19.2 Å². The Labute approximate surface area is 354 Å². The van der Waals surface area contributed by atoms with E-state index in [1.54, 1.807) is 36.4 Å². The summed E-state index contributed by atoms with van der Waals surface area (Å²) < 4.78 is 9.01. The van der Waals surface area contributed by atoms with Gasteiger partial charge in [-0.25, -0.2) is 0 Å². The van der Waals surface area contributed by atoms with E-state index in [0.29, 0.717) is 68.6 Å². The van der Waals surface area contributed by atoms with Crippen LogP contribution in [0, 0.1) is 23.7 Å². The van der Waals surface area contributed by atoms with Gasteiger partial charge in [-0.3, -0.25) is 29.0 Å². The number of benzene rings is 3. The van der Waals surface area contributed by atoms with Gasteiger partial charge < -0.3 is 0 Å². The van der Waals surface area contributed by atoms with E-state index >= 15 is 0 Å². The van der Waals surface area contributed by atoms with Crippen LogP contribution in [-0.4, -0.2) is 55.3 Å². The summed E-state index contributed by atoms with van der Waals surface area (Å²) in [6.07, 6.45) is 23.9. The molecule has 3 aromatic carbocycles. The van der Waals surface area contributed by atoms with E-state index < -0.39 is 0 Å². The topological polar surface area (TPSA) is 101 Å². The smallest absolute Gasteiger partial charge is 0.261 e. The first-order valence-electron chi connectivity index (χ1n) is 22.2. The van der Waals surface area contributed by atoms with Crippen LogP contribution in [0.3, 0.4) is 0 Å². The van der Waals surface area contributed by atoms with Gasteiger partial charge in [-0.05, 0) is 61.4 Å². The van der Waals surface area contributed by atoms with Crippen LogP contribution in [0.15, 0.2) is 48.5 Å². The Kier molecular flexibility index (Phi) is 16.4. The van der Waals surface area contributed by atoms with Gasteiger partial charge in [0.1, 0.15) is 11.0 Å². The number of nitrogens with zero attached hydrogens (tertiary/aromatic N) is 4. The molecule has 2 aliphatic rings. The molecule has 59 heavy (non-hydrogen) atoms. The highest BCUT2D eigenvalue weighted by Crippen LogP contribution is 2.27. The molecular formula is C50H58N4O4S. The molecule has 0 bridgehead atoms. The van der Waals surface area contributed by atoms with Crippen molar-refractivity contribution in [2.75, 3.05) is 13.1 Å². The number of rotatable bonds is 22. The average molecular weight is 811 g/mol. The number of carbonyl (C=O) groups is 4. The molecule has 0 saturated carbocycles. The van der Waals surface area contributed by atoms with Gasteiger partial charge in [-0.15, -0.1) is 0 Å². The van der Waals surface area contributed by atoms with Crippen molar-refractivity contribution in [3.05, 3.63) is 93.0 Å². The maximum atomic E-state index is 13.3. The monoisotopic (exact) mass is 810 g/mol. The van der Waals surface area contributed by atoms with Crippen molar-refractivity contribution in [2.24, 2.45) is 0 Å². The van der Waals surface area contributed by atoms with Crippen molar-refractivity contribution in [1.82, 2.24) is 18.5 Å². The number of hydrogen-bond donors (Lipinski definition) is 0. The first kappa shape index (κ1) is 43.5. The van der Waals surface area contributed by atoms with Crippen LogP contribution >= 0.6 is 11.7 Å². The second kappa shape index (κ2) is 22.3. The normalized spacial score (nSPS) is 13.2. The zero-order valence-corrected chi connectivity index (χ0v) is 35.8. The molecule has 4 aromatic rings. The number of imide groups is 2. The molecular weight excluding hydrogens is 753 g/mol. The minimum absolute atomic E-state index is 0.228. The highest BCUT2D eigenvalue weighted by molar-refractivity contribution is 7.00. The summed E-state index contributed by atoms with van der Waals surface area (Å²) in [7, 11) is 0. The summed E-state index contributed by atoms with van der Waals surface area (Å²) in [6, 6.07) is 14.1. The van der Waals surface area contributed by atoms with Crippen LogP contribution in [0.2, 0.25) is 0 Å². The molecule has 2 aliphatic heterocycles. The number of carbonyl (C=O) groups excluding carboxylic acids is 4. The summed E-state index contributed by atoms with van der Waals surface area (Å²) >= 11 is 1.08. The summed E-state index contributed by atoms with van der Waals surface area (Å²) in [4.78, 5) is 55.4. The van der Waals surface area contributed by atoms with E-state index in [0.717, 1.165) is 50.3 Å². The fraction of sp³-hybridized carbons (Fsp3) is 0.480. The molecule has 0 unspecified atom stereocenters. The molecule has 6 rings (SSSR count). The fourth-order valence-electron chi connectivity index (χ4n) is 8.01. The zero-order valence-electron chi connectivity index (χ0n) is 35.0. The lowest BCUT2D eigenvalue weighted by Gasteiger charge is -2.13. The Bertz CT molecular complexity index is 2100. The fourth-order valence-corrected chi connectivity index (χ4v) is 8.58. The maximum Gasteiger partial charge on any atom is 0.261 e. The molecule has 0 atom stereocenters. The van der Waals surface area contributed by atoms with Crippen molar-refractivity contribution >= 4 is 46.4 Å². The van der Waals surface area contributed by atoms with Gasteiger partial charge in [0.05, 0.1) is 45.1 Å². The molecule has 0 saturated heterocycles. The lowest BCUT2D eigenvalue weighted by molar-refractivity contribution is 0.0636. The quantitative estimate of drug-likeness (QED) is 0.0445. The Hall–Kier alpha value is -5.12. The van der Waals surface area contributed by atoms with Crippen molar-refractivity contribution < 1.29 is 19.2 Å². The first-order valence-corrected chi connectivity index (χ1v) is 22.9. The molecule has 0 fully saturated rings. The Morgan fingerprint density at radius 3 is 1.14 bits per heavy atom. The number of fused-ring (bicyclic) bond motifs is 3. The number of unbranched alkanes of at least 4 members (excludes halogenated alkanes) is 18. The SMILES string of the molecule is CCCCCCCCCCCCN1C(=O)c2ccc(C#Cc3ccc(C#Cc4ccc5c(c4)C(=O)N(CCCCCCCCCCCC)C5=O)c4nsnc34)cc2C1=O. The second-order valence-corrected chi connectivity index (χ2v) is 16.6. The highest BCUT2D eigenvalue weighted by Gasteiger charge is 2.36. The molecule has 9 heteroatoms. The predicted octanol–water partition coefficient (Wildman–Crippen LogP) is 11.5. The van der Waals surface area contributed by atoms with Crippen LogP contribution in [0.25, 0.3) is 11.0 Å². The lowest BCUT2D eigenvalue weighted by Crippen LogP contribution is -2.30. The highest BCUT2D eigenvalue weighted by atomic mass is 32.1. The third-order valence-electron chi connectivity index (χ3n) is 11.5. The molecule has 308 valence electrons. The Morgan fingerprint density at radius 2 is 0.763 bits per heavy atom. The predicted molar refractivity (Wildman–Crippen MR) is 237 cm³/mol. The zero-order chi connectivity index (χ0) is 41.4. The van der Waals surface area contributed by atoms with Gasteiger partial charge >= 0.3 is 0 Å². The van der Waals surface area contributed by atoms with Crippen LogP contribution in [0.1, 0.15) is 206 Å². The minimum Gasteiger partial charge on any atom is -0.274 e. The van der Waals surface area contributed by atoms with Crippen molar-refractivity contribution in [1.29, 1.82) is 0 Å². The van der Waals surface area contributed by atoms with Gasteiger partial charge in [0.25, 0.3) is 23.6 Å². The van der Waals surface area contributed by atoms with E-state index in [1.807, 2.05) is 12.1 Å². The molecule has 8 nitrogen and oxygen atoms in total. The second-order valence-electron chi connectivity index (χ2n) is 16.0. The molecule has 0 N–H and O–H groups in total. The third kappa shape index (κ3) is 11.3. The summed E-state index contributed by atoms with van der Waals surface area (Å²) in [6.45, 7) is 5.35. The van der Waals surface area contributed by atoms with E-state index in [2.05, 4.69) is 46.3 Å². The Morgan fingerprint density at radius 1 is 0.424 bits per heavy atom. The van der Waals surface area contributed by atoms with Gasteiger partial charge in [-0.2, -0.15) is 8.75 Å². The van der Waals surface area contributed by atoms with Gasteiger partial charge in [0.15, 0.2) is 0 Å². The van der Waals surface area contributed by atoms with Crippen molar-refractivity contribution in [3.63, 3.8) is 0 Å².